The van der Waals surface area contributed by atoms with Crippen molar-refractivity contribution >= 4 is 0 Å². The molecule has 0 aliphatic heterocycles. The van der Waals surface area contributed by atoms with Gasteiger partial charge in [0, 0.05) is 23.5 Å². The van der Waals surface area contributed by atoms with Gasteiger partial charge in [-0.2, -0.15) is 13.2 Å². The summed E-state index contributed by atoms with van der Waals surface area (Å²) >= 11 is 0. The number of furan rings is 1. The standard InChI is InChI=1S/C11H9F3N2O/c12-11(13,14)9-1-3-16-5-8(9)10(15)7-2-4-17-6-7/h1-6,10H,15H2. The topological polar surface area (TPSA) is 52.0 Å². The Labute approximate surface area is 95.1 Å². The van der Waals surface area contributed by atoms with Crippen molar-refractivity contribution in [3.05, 3.63) is 53.7 Å². The maximum Gasteiger partial charge on any atom is 0.416 e. The number of rotatable bonds is 2. The van der Waals surface area contributed by atoms with Gasteiger partial charge in [-0.05, 0) is 12.1 Å². The molecule has 0 bridgehead atoms. The number of pyridine rings is 1. The summed E-state index contributed by atoms with van der Waals surface area (Å²) in [5, 5.41) is 0. The molecule has 0 spiro atoms. The summed E-state index contributed by atoms with van der Waals surface area (Å²) < 4.78 is 43.0. The van der Waals surface area contributed by atoms with Crippen molar-refractivity contribution in [3.8, 4) is 0 Å². The van der Waals surface area contributed by atoms with Crippen molar-refractivity contribution in [2.24, 2.45) is 5.73 Å². The van der Waals surface area contributed by atoms with Crippen LogP contribution in [0.1, 0.15) is 22.7 Å². The van der Waals surface area contributed by atoms with E-state index in [1.54, 1.807) is 0 Å². The number of hydrogen-bond acceptors (Lipinski definition) is 3. The van der Waals surface area contributed by atoms with Crippen LogP contribution < -0.4 is 5.73 Å². The number of nitrogens with zero attached hydrogens (tertiary/aromatic N) is 1. The third-order valence-electron chi connectivity index (χ3n) is 2.39. The molecule has 0 amide bonds. The van der Waals surface area contributed by atoms with E-state index in [0.29, 0.717) is 5.56 Å². The molecule has 1 unspecified atom stereocenters. The van der Waals surface area contributed by atoms with Crippen LogP contribution in [0.4, 0.5) is 13.2 Å². The predicted octanol–water partition coefficient (Wildman–Crippen LogP) is 2.74. The van der Waals surface area contributed by atoms with Gasteiger partial charge in [0.05, 0.1) is 24.1 Å². The van der Waals surface area contributed by atoms with Crippen LogP contribution in [0.5, 0.6) is 0 Å². The van der Waals surface area contributed by atoms with Crippen molar-refractivity contribution in [1.29, 1.82) is 0 Å². The zero-order valence-electron chi connectivity index (χ0n) is 8.61. The number of hydrogen-bond donors (Lipinski definition) is 1. The van der Waals surface area contributed by atoms with Crippen LogP contribution in [-0.4, -0.2) is 4.98 Å². The first kappa shape index (κ1) is 11.7. The Morgan fingerprint density at radius 3 is 2.65 bits per heavy atom. The molecule has 0 aliphatic rings. The summed E-state index contributed by atoms with van der Waals surface area (Å²) in [7, 11) is 0. The van der Waals surface area contributed by atoms with Gasteiger partial charge < -0.3 is 10.2 Å². The average molecular weight is 242 g/mol. The van der Waals surface area contributed by atoms with Crippen molar-refractivity contribution in [3.63, 3.8) is 0 Å². The molecule has 2 heterocycles. The van der Waals surface area contributed by atoms with Crippen LogP contribution in [0, 0.1) is 0 Å². The Morgan fingerprint density at radius 2 is 2.06 bits per heavy atom. The predicted molar refractivity (Wildman–Crippen MR) is 54.0 cm³/mol. The average Bonchev–Trinajstić information content (AvgIpc) is 2.80. The Hall–Kier alpha value is -1.82. The lowest BCUT2D eigenvalue weighted by Gasteiger charge is -2.16. The van der Waals surface area contributed by atoms with E-state index >= 15 is 0 Å². The fraction of sp³-hybridized carbons (Fsp3) is 0.182. The first-order valence-electron chi connectivity index (χ1n) is 4.79. The van der Waals surface area contributed by atoms with Crippen LogP contribution in [0.15, 0.2) is 41.5 Å². The van der Waals surface area contributed by atoms with Gasteiger partial charge in [-0.3, -0.25) is 4.98 Å². The summed E-state index contributed by atoms with van der Waals surface area (Å²) in [5.41, 5.74) is 5.39. The highest BCUT2D eigenvalue weighted by Crippen LogP contribution is 2.35. The third kappa shape index (κ3) is 2.31. The number of halogens is 3. The summed E-state index contributed by atoms with van der Waals surface area (Å²) in [6.07, 6.45) is 0.450. The van der Waals surface area contributed by atoms with Gasteiger partial charge in [-0.25, -0.2) is 0 Å². The third-order valence-corrected chi connectivity index (χ3v) is 2.39. The second-order valence-corrected chi connectivity index (χ2v) is 3.50. The maximum absolute atomic E-state index is 12.7. The van der Waals surface area contributed by atoms with Crippen molar-refractivity contribution in [2.75, 3.05) is 0 Å². The molecule has 2 rings (SSSR count). The first-order valence-corrected chi connectivity index (χ1v) is 4.79. The smallest absolute Gasteiger partial charge is 0.416 e. The number of alkyl halides is 3. The molecule has 0 aromatic carbocycles. The molecule has 0 saturated heterocycles. The van der Waals surface area contributed by atoms with Crippen LogP contribution in [0.2, 0.25) is 0 Å². The Morgan fingerprint density at radius 1 is 1.29 bits per heavy atom. The summed E-state index contributed by atoms with van der Waals surface area (Å²) in [4.78, 5) is 3.68. The molecule has 2 N–H and O–H groups in total. The molecule has 17 heavy (non-hydrogen) atoms. The van der Waals surface area contributed by atoms with Crippen molar-refractivity contribution in [1.82, 2.24) is 4.98 Å². The quantitative estimate of drug-likeness (QED) is 0.880. The molecular weight excluding hydrogens is 233 g/mol. The van der Waals surface area contributed by atoms with Gasteiger partial charge in [0.25, 0.3) is 0 Å². The van der Waals surface area contributed by atoms with Gasteiger partial charge in [-0.15, -0.1) is 0 Å². The molecule has 0 fully saturated rings. The largest absolute Gasteiger partial charge is 0.472 e. The molecular formula is C11H9F3N2O. The van der Waals surface area contributed by atoms with Gasteiger partial charge in [0.15, 0.2) is 0 Å². The highest BCUT2D eigenvalue weighted by atomic mass is 19.4. The lowest BCUT2D eigenvalue weighted by atomic mass is 9.99. The van der Waals surface area contributed by atoms with Crippen molar-refractivity contribution < 1.29 is 17.6 Å². The van der Waals surface area contributed by atoms with Crippen molar-refractivity contribution in [2.45, 2.75) is 12.2 Å². The van der Waals surface area contributed by atoms with E-state index in [9.17, 15) is 13.2 Å². The lowest BCUT2D eigenvalue weighted by Crippen LogP contribution is -2.18. The molecule has 90 valence electrons. The molecule has 2 aromatic rings. The Kier molecular flexibility index (Phi) is 2.89. The Bertz CT molecular complexity index is 494. The van der Waals surface area contributed by atoms with E-state index in [-0.39, 0.29) is 5.56 Å². The lowest BCUT2D eigenvalue weighted by molar-refractivity contribution is -0.138. The van der Waals surface area contributed by atoms with Gasteiger partial charge in [-0.1, -0.05) is 0 Å². The van der Waals surface area contributed by atoms with E-state index in [1.165, 1.54) is 18.6 Å². The van der Waals surface area contributed by atoms with Gasteiger partial charge in [0.2, 0.25) is 0 Å². The molecule has 0 aliphatic carbocycles. The van der Waals surface area contributed by atoms with E-state index in [2.05, 4.69) is 4.98 Å². The molecule has 3 nitrogen and oxygen atoms in total. The van der Waals surface area contributed by atoms with E-state index in [4.69, 9.17) is 10.2 Å². The SMILES string of the molecule is NC(c1ccoc1)c1cnccc1C(F)(F)F. The number of aromatic nitrogens is 1. The second-order valence-electron chi connectivity index (χ2n) is 3.50. The summed E-state index contributed by atoms with van der Waals surface area (Å²) in [5.74, 6) is 0. The second kappa shape index (κ2) is 4.21. The Balaban J connectivity index is 2.46. The van der Waals surface area contributed by atoms with Crippen LogP contribution >= 0.6 is 0 Å². The van der Waals surface area contributed by atoms with E-state index in [1.807, 2.05) is 0 Å². The maximum atomic E-state index is 12.7. The first-order chi connectivity index (χ1) is 8.00. The molecule has 0 saturated carbocycles. The van der Waals surface area contributed by atoms with Crippen LogP contribution in [0.25, 0.3) is 0 Å². The molecule has 1 atom stereocenters. The summed E-state index contributed by atoms with van der Waals surface area (Å²) in [6.45, 7) is 0. The van der Waals surface area contributed by atoms with Crippen LogP contribution in [-0.2, 0) is 6.18 Å². The number of nitrogens with two attached hydrogens (primary N) is 1. The van der Waals surface area contributed by atoms with Gasteiger partial charge >= 0.3 is 6.18 Å². The highest BCUT2D eigenvalue weighted by Gasteiger charge is 2.35. The van der Waals surface area contributed by atoms with E-state index < -0.39 is 17.8 Å². The summed E-state index contributed by atoms with van der Waals surface area (Å²) in [6, 6.07) is 1.53. The molecule has 2 aromatic heterocycles. The molecule has 6 heteroatoms. The van der Waals surface area contributed by atoms with Crippen LogP contribution in [0.3, 0.4) is 0 Å². The minimum atomic E-state index is -4.44. The fourth-order valence-electron chi connectivity index (χ4n) is 1.54. The highest BCUT2D eigenvalue weighted by molar-refractivity contribution is 5.35. The van der Waals surface area contributed by atoms with E-state index in [0.717, 1.165) is 18.5 Å². The zero-order valence-corrected chi connectivity index (χ0v) is 8.61. The van der Waals surface area contributed by atoms with Gasteiger partial charge in [0.1, 0.15) is 0 Å². The monoisotopic (exact) mass is 242 g/mol. The molecule has 0 radical (unpaired) electrons. The minimum absolute atomic E-state index is 0.0681. The normalized spacial score (nSPS) is 13.6. The fourth-order valence-corrected chi connectivity index (χ4v) is 1.54. The zero-order chi connectivity index (χ0) is 12.5. The minimum Gasteiger partial charge on any atom is -0.472 e.